The fraction of sp³-hybridized carbons (Fsp3) is 0.158. The van der Waals surface area contributed by atoms with Gasteiger partial charge in [0.1, 0.15) is 0 Å². The molecule has 2 aromatic rings. The highest BCUT2D eigenvalue weighted by molar-refractivity contribution is 6.13. The lowest BCUT2D eigenvalue weighted by Gasteiger charge is -2.12. The highest BCUT2D eigenvalue weighted by Gasteiger charge is 2.25. The van der Waals surface area contributed by atoms with Crippen LogP contribution in [0, 0.1) is 10.1 Å². The van der Waals surface area contributed by atoms with Gasteiger partial charge in [0.2, 0.25) is 11.6 Å². The number of rotatable bonds is 6. The van der Waals surface area contributed by atoms with E-state index in [0.717, 1.165) is 0 Å². The third kappa shape index (κ3) is 3.63. The van der Waals surface area contributed by atoms with Crippen LogP contribution in [0.5, 0.6) is 17.2 Å². The predicted molar refractivity (Wildman–Crippen MR) is 99.8 cm³/mol. The average molecular weight is 384 g/mol. The summed E-state index contributed by atoms with van der Waals surface area (Å²) in [5.74, 6) is 0.579. The van der Waals surface area contributed by atoms with Crippen molar-refractivity contribution in [3.63, 3.8) is 0 Å². The van der Waals surface area contributed by atoms with Gasteiger partial charge < -0.3 is 18.9 Å². The minimum Gasteiger partial charge on any atom is -0.493 e. The van der Waals surface area contributed by atoms with Crippen molar-refractivity contribution in [2.75, 3.05) is 21.3 Å². The lowest BCUT2D eigenvalue weighted by Crippen LogP contribution is -2.05. The number of nitro groups is 1. The van der Waals surface area contributed by atoms with Crippen LogP contribution < -0.4 is 14.2 Å². The van der Waals surface area contributed by atoms with Crippen LogP contribution in [0.1, 0.15) is 11.1 Å². The Labute approximate surface area is 160 Å². The Morgan fingerprint density at radius 2 is 1.75 bits per heavy atom. The van der Waals surface area contributed by atoms with Gasteiger partial charge in [-0.1, -0.05) is 6.07 Å². The summed E-state index contributed by atoms with van der Waals surface area (Å²) >= 11 is 0. The molecule has 0 saturated carbocycles. The number of nitro benzene ring substituents is 1. The van der Waals surface area contributed by atoms with Gasteiger partial charge >= 0.3 is 5.97 Å². The van der Waals surface area contributed by atoms with Crippen LogP contribution in [0.4, 0.5) is 5.69 Å². The number of nitrogens with zero attached hydrogens (tertiary/aromatic N) is 2. The molecule has 1 heterocycles. The van der Waals surface area contributed by atoms with Gasteiger partial charge in [-0.2, -0.15) is 0 Å². The largest absolute Gasteiger partial charge is 0.493 e. The molecule has 2 aromatic carbocycles. The number of carbonyl (C=O) groups is 1. The van der Waals surface area contributed by atoms with Crippen molar-refractivity contribution in [3.05, 3.63) is 63.3 Å². The lowest BCUT2D eigenvalue weighted by atomic mass is 10.1. The van der Waals surface area contributed by atoms with Gasteiger partial charge in [-0.05, 0) is 29.8 Å². The van der Waals surface area contributed by atoms with E-state index in [4.69, 9.17) is 18.9 Å². The molecule has 0 aliphatic carbocycles. The first-order chi connectivity index (χ1) is 13.5. The number of aliphatic imine (C=N–C) groups is 1. The van der Waals surface area contributed by atoms with Crippen molar-refractivity contribution in [1.29, 1.82) is 0 Å². The van der Waals surface area contributed by atoms with Crippen LogP contribution in [0.3, 0.4) is 0 Å². The molecule has 0 spiro atoms. The smallest absolute Gasteiger partial charge is 0.363 e. The summed E-state index contributed by atoms with van der Waals surface area (Å²) < 4.78 is 21.0. The Bertz CT molecular complexity index is 986. The number of esters is 1. The molecule has 9 heteroatoms. The van der Waals surface area contributed by atoms with E-state index < -0.39 is 10.9 Å². The normalized spacial score (nSPS) is 14.5. The molecule has 0 saturated heterocycles. The van der Waals surface area contributed by atoms with Crippen molar-refractivity contribution in [2.45, 2.75) is 0 Å². The van der Waals surface area contributed by atoms with Crippen LogP contribution in [-0.4, -0.2) is 38.1 Å². The second-order valence-electron chi connectivity index (χ2n) is 5.60. The molecule has 28 heavy (non-hydrogen) atoms. The summed E-state index contributed by atoms with van der Waals surface area (Å²) in [7, 11) is 4.45. The van der Waals surface area contributed by atoms with Gasteiger partial charge in [-0.15, -0.1) is 0 Å². The second-order valence-corrected chi connectivity index (χ2v) is 5.60. The van der Waals surface area contributed by atoms with Crippen molar-refractivity contribution in [3.8, 4) is 17.2 Å². The second kappa shape index (κ2) is 7.78. The van der Waals surface area contributed by atoms with Crippen molar-refractivity contribution >= 4 is 23.6 Å². The van der Waals surface area contributed by atoms with E-state index >= 15 is 0 Å². The van der Waals surface area contributed by atoms with E-state index in [1.165, 1.54) is 45.6 Å². The lowest BCUT2D eigenvalue weighted by molar-refractivity contribution is -0.384. The molecule has 3 rings (SSSR count). The molecule has 0 N–H and O–H groups in total. The maximum Gasteiger partial charge on any atom is 0.363 e. The van der Waals surface area contributed by atoms with E-state index in [9.17, 15) is 14.9 Å². The maximum absolute atomic E-state index is 12.2. The standard InChI is InChI=1S/C19H16N2O7/c1-25-15-8-11(9-16(26-2)17(15)27-3)7-14-19(22)28-18(20-14)12-5-4-6-13(10-12)21(23)24/h4-10H,1-3H3/b14-7+. The molecule has 0 atom stereocenters. The number of non-ortho nitro benzene ring substituents is 1. The van der Waals surface area contributed by atoms with Gasteiger partial charge in [-0.25, -0.2) is 9.79 Å². The molecule has 1 aliphatic heterocycles. The molecule has 144 valence electrons. The fourth-order valence-corrected chi connectivity index (χ4v) is 2.63. The minimum absolute atomic E-state index is 0.00704. The molecule has 1 aliphatic rings. The van der Waals surface area contributed by atoms with E-state index in [0.29, 0.717) is 28.4 Å². The van der Waals surface area contributed by atoms with Crippen LogP contribution in [0.15, 0.2) is 47.1 Å². The summed E-state index contributed by atoms with van der Waals surface area (Å²) in [5, 5.41) is 10.9. The Morgan fingerprint density at radius 1 is 1.07 bits per heavy atom. The number of hydrogen-bond donors (Lipinski definition) is 0. The Balaban J connectivity index is 2.00. The monoisotopic (exact) mass is 384 g/mol. The highest BCUT2D eigenvalue weighted by Crippen LogP contribution is 2.39. The van der Waals surface area contributed by atoms with Crippen molar-refractivity contribution < 1.29 is 28.7 Å². The van der Waals surface area contributed by atoms with Crippen LogP contribution >= 0.6 is 0 Å². The quantitative estimate of drug-likeness (QED) is 0.326. The third-order valence-electron chi connectivity index (χ3n) is 3.91. The molecule has 0 unspecified atom stereocenters. The molecule has 0 amide bonds. The number of carbonyl (C=O) groups excluding carboxylic acids is 1. The summed E-state index contributed by atoms with van der Waals surface area (Å²) in [6, 6.07) is 9.00. The van der Waals surface area contributed by atoms with Crippen LogP contribution in [-0.2, 0) is 9.53 Å². The highest BCUT2D eigenvalue weighted by atomic mass is 16.6. The first-order valence-electron chi connectivity index (χ1n) is 8.04. The Hall–Kier alpha value is -3.88. The SMILES string of the molecule is COc1cc(/C=C2/N=C(c3cccc([N+](=O)[O-])c3)OC2=O)cc(OC)c1OC. The topological polar surface area (TPSA) is 109 Å². The van der Waals surface area contributed by atoms with Crippen LogP contribution in [0.2, 0.25) is 0 Å². The van der Waals surface area contributed by atoms with Gasteiger partial charge in [0, 0.05) is 17.7 Å². The molecule has 0 bridgehead atoms. The number of benzene rings is 2. The zero-order valence-corrected chi connectivity index (χ0v) is 15.3. The summed E-state index contributed by atoms with van der Waals surface area (Å²) in [6.07, 6.45) is 1.50. The summed E-state index contributed by atoms with van der Waals surface area (Å²) in [6.45, 7) is 0. The predicted octanol–water partition coefficient (Wildman–Crippen LogP) is 2.97. The molecular formula is C19H16N2O7. The number of hydrogen-bond acceptors (Lipinski definition) is 8. The summed E-state index contributed by atoms with van der Waals surface area (Å²) in [4.78, 5) is 26.7. The molecule has 0 aromatic heterocycles. The zero-order valence-electron chi connectivity index (χ0n) is 15.3. The third-order valence-corrected chi connectivity index (χ3v) is 3.91. The number of methoxy groups -OCH3 is 3. The van der Waals surface area contributed by atoms with Gasteiger partial charge in [-0.3, -0.25) is 10.1 Å². The first-order valence-corrected chi connectivity index (χ1v) is 8.04. The van der Waals surface area contributed by atoms with Crippen molar-refractivity contribution in [2.24, 2.45) is 4.99 Å². The number of ether oxygens (including phenoxy) is 4. The molecular weight excluding hydrogens is 368 g/mol. The van der Waals surface area contributed by atoms with E-state index in [2.05, 4.69) is 4.99 Å². The molecule has 9 nitrogen and oxygen atoms in total. The van der Waals surface area contributed by atoms with E-state index in [1.54, 1.807) is 18.2 Å². The average Bonchev–Trinajstić information content (AvgIpc) is 3.07. The molecule has 0 radical (unpaired) electrons. The zero-order chi connectivity index (χ0) is 20.3. The van der Waals surface area contributed by atoms with Gasteiger partial charge in [0.05, 0.1) is 26.3 Å². The number of cyclic esters (lactones) is 1. The fourth-order valence-electron chi connectivity index (χ4n) is 2.63. The first kappa shape index (κ1) is 18.9. The van der Waals surface area contributed by atoms with Crippen LogP contribution in [0.25, 0.3) is 6.08 Å². The maximum atomic E-state index is 12.2. The summed E-state index contributed by atoms with van der Waals surface area (Å²) in [5.41, 5.74) is 0.815. The van der Waals surface area contributed by atoms with Crippen molar-refractivity contribution in [1.82, 2.24) is 0 Å². The van der Waals surface area contributed by atoms with Gasteiger partial charge in [0.25, 0.3) is 5.69 Å². The Morgan fingerprint density at radius 3 is 2.32 bits per heavy atom. The molecule has 0 fully saturated rings. The van der Waals surface area contributed by atoms with E-state index in [-0.39, 0.29) is 17.3 Å². The minimum atomic E-state index is -0.671. The van der Waals surface area contributed by atoms with Gasteiger partial charge in [0.15, 0.2) is 17.2 Å². The Kier molecular flexibility index (Phi) is 5.25. The van der Waals surface area contributed by atoms with E-state index in [1.807, 2.05) is 0 Å².